The molecule has 8 nitrogen and oxygen atoms in total. The van der Waals surface area contributed by atoms with Crippen molar-refractivity contribution in [1.29, 1.82) is 0 Å². The van der Waals surface area contributed by atoms with Crippen molar-refractivity contribution in [3.63, 3.8) is 0 Å². The zero-order valence-corrected chi connectivity index (χ0v) is 21.6. The second-order valence-electron chi connectivity index (χ2n) is 8.49. The number of anilines is 1. The van der Waals surface area contributed by atoms with Gasteiger partial charge in [-0.25, -0.2) is 14.8 Å². The van der Waals surface area contributed by atoms with Crippen molar-refractivity contribution in [1.82, 2.24) is 19.9 Å². The van der Waals surface area contributed by atoms with E-state index >= 15 is 0 Å². The number of carbonyl (C=O) groups is 2. The highest BCUT2D eigenvalue weighted by molar-refractivity contribution is 7.13. The van der Waals surface area contributed by atoms with Crippen molar-refractivity contribution in [3.8, 4) is 21.7 Å². The summed E-state index contributed by atoms with van der Waals surface area (Å²) in [5, 5.41) is 6.51. The van der Waals surface area contributed by atoms with Gasteiger partial charge in [-0.15, -0.1) is 11.3 Å². The maximum atomic E-state index is 13.3. The smallest absolute Gasteiger partial charge is 0.347 e. The molecule has 0 spiro atoms. The summed E-state index contributed by atoms with van der Waals surface area (Å²) in [7, 11) is 0. The third-order valence-corrected chi connectivity index (χ3v) is 6.62. The largest absolute Gasteiger partial charge is 0.434 e. The van der Waals surface area contributed by atoms with Gasteiger partial charge in [0.25, 0.3) is 0 Å². The lowest BCUT2D eigenvalue weighted by molar-refractivity contribution is -0.140. The number of carbonyl (C=O) groups excluding carboxylic acids is 2. The fraction of sp³-hybridized carbons (Fsp3) is 0.269. The number of ketones is 1. The van der Waals surface area contributed by atoms with E-state index in [0.29, 0.717) is 40.7 Å². The van der Waals surface area contributed by atoms with Crippen LogP contribution in [0.25, 0.3) is 32.6 Å². The highest BCUT2D eigenvalue weighted by atomic mass is 32.1. The maximum Gasteiger partial charge on any atom is 0.434 e. The van der Waals surface area contributed by atoms with Crippen LogP contribution in [0.5, 0.6) is 0 Å². The number of aryl methyl sites for hydroxylation is 1. The first-order valence-corrected chi connectivity index (χ1v) is 12.7. The number of pyridine rings is 2. The Bertz CT molecular complexity index is 1590. The molecule has 2 N–H and O–H groups in total. The van der Waals surface area contributed by atoms with E-state index < -0.39 is 17.9 Å². The lowest BCUT2D eigenvalue weighted by Gasteiger charge is -2.15. The van der Waals surface area contributed by atoms with E-state index in [1.165, 1.54) is 25.4 Å². The number of benzene rings is 1. The van der Waals surface area contributed by atoms with Gasteiger partial charge in [-0.05, 0) is 44.0 Å². The first-order valence-electron chi connectivity index (χ1n) is 11.8. The van der Waals surface area contributed by atoms with Crippen molar-refractivity contribution in [2.45, 2.75) is 39.9 Å². The van der Waals surface area contributed by atoms with E-state index in [-0.39, 0.29) is 27.6 Å². The number of hydrogen-bond donors (Lipinski definition) is 2. The summed E-state index contributed by atoms with van der Waals surface area (Å²) in [6.07, 6.45) is -0.891. The Morgan fingerprint density at radius 3 is 2.53 bits per heavy atom. The Morgan fingerprint density at radius 2 is 1.89 bits per heavy atom. The Labute approximate surface area is 219 Å². The van der Waals surface area contributed by atoms with Crippen LogP contribution < -0.4 is 16.1 Å². The number of urea groups is 1. The quantitative estimate of drug-likeness (QED) is 0.280. The molecular formula is C26H24F3N5O3S. The predicted molar refractivity (Wildman–Crippen MR) is 141 cm³/mol. The van der Waals surface area contributed by atoms with Gasteiger partial charge >= 0.3 is 12.2 Å². The highest BCUT2D eigenvalue weighted by Gasteiger charge is 2.34. The molecule has 12 heteroatoms. The van der Waals surface area contributed by atoms with Crippen LogP contribution in [0.15, 0.2) is 46.8 Å². The van der Waals surface area contributed by atoms with E-state index in [2.05, 4.69) is 20.6 Å². The molecule has 0 atom stereocenters. The number of alkyl halides is 3. The van der Waals surface area contributed by atoms with Crippen LogP contribution in [0.3, 0.4) is 0 Å². The molecule has 0 saturated heterocycles. The van der Waals surface area contributed by atoms with Gasteiger partial charge < -0.3 is 9.88 Å². The number of hydrogen-bond acceptors (Lipinski definition) is 6. The van der Waals surface area contributed by atoms with Crippen LogP contribution in [0.4, 0.5) is 23.8 Å². The predicted octanol–water partition coefficient (Wildman–Crippen LogP) is 5.96. The molecule has 0 aliphatic rings. The molecule has 1 aromatic carbocycles. The molecule has 4 rings (SSSR count). The van der Waals surface area contributed by atoms with Crippen molar-refractivity contribution in [2.75, 3.05) is 11.9 Å². The molecule has 3 heterocycles. The summed E-state index contributed by atoms with van der Waals surface area (Å²) in [6.45, 7) is 5.96. The molecule has 2 amide bonds. The Balaban J connectivity index is 1.92. The van der Waals surface area contributed by atoms with E-state index in [4.69, 9.17) is 0 Å². The fourth-order valence-electron chi connectivity index (χ4n) is 4.01. The number of nitrogens with one attached hydrogen (secondary N) is 2. The molecule has 0 aliphatic carbocycles. The van der Waals surface area contributed by atoms with Gasteiger partial charge in [-0.2, -0.15) is 13.2 Å². The number of nitrogens with zero attached hydrogens (tertiary/aromatic N) is 3. The van der Waals surface area contributed by atoms with E-state index in [0.717, 1.165) is 23.1 Å². The van der Waals surface area contributed by atoms with Crippen LogP contribution in [0.1, 0.15) is 43.2 Å². The molecule has 0 fully saturated rings. The van der Waals surface area contributed by atoms with Crippen LogP contribution in [-0.2, 0) is 12.7 Å². The lowest BCUT2D eigenvalue weighted by Crippen LogP contribution is -2.28. The van der Waals surface area contributed by atoms with Crippen molar-refractivity contribution >= 4 is 39.9 Å². The second-order valence-corrected chi connectivity index (χ2v) is 9.35. The average molecular weight is 544 g/mol. The van der Waals surface area contributed by atoms with Gasteiger partial charge in [0.05, 0.1) is 11.1 Å². The molecule has 3 aromatic heterocycles. The van der Waals surface area contributed by atoms with Crippen LogP contribution in [-0.4, -0.2) is 32.9 Å². The molecule has 0 bridgehead atoms. The zero-order valence-electron chi connectivity index (χ0n) is 20.8. The molecule has 0 saturated carbocycles. The summed E-state index contributed by atoms with van der Waals surface area (Å²) in [4.78, 5) is 45.1. The number of fused-ring (bicyclic) bond motifs is 1. The molecule has 0 aliphatic heterocycles. The molecular weight excluding hydrogens is 519 g/mol. The van der Waals surface area contributed by atoms with E-state index in [1.807, 2.05) is 11.5 Å². The molecule has 0 unspecified atom stereocenters. The minimum Gasteiger partial charge on any atom is -0.347 e. The number of amides is 2. The summed E-state index contributed by atoms with van der Waals surface area (Å²) in [6, 6.07) is 5.95. The zero-order chi connectivity index (χ0) is 27.6. The standard InChI is InChI=1S/C26H24F3N5O3S/c1-4-8-34-12-19(14(3)35)23(36)16-7-6-15(9-20(16)34)18-11-31-22(33-25(37)30-5-2)10-17(18)24-32-21(13-38-24)26(27,28)29/h6-7,9-13H,4-5,8H2,1-3H3,(H2,30,31,33,37). The van der Waals surface area contributed by atoms with Gasteiger partial charge in [0, 0.05) is 47.4 Å². The van der Waals surface area contributed by atoms with E-state index in [9.17, 15) is 27.6 Å². The summed E-state index contributed by atoms with van der Waals surface area (Å²) in [5.74, 6) is -0.204. The van der Waals surface area contributed by atoms with Gasteiger partial charge in [0.15, 0.2) is 16.9 Å². The average Bonchev–Trinajstić information content (AvgIpc) is 3.36. The molecule has 4 aromatic rings. The molecule has 38 heavy (non-hydrogen) atoms. The normalized spacial score (nSPS) is 11.5. The van der Waals surface area contributed by atoms with E-state index in [1.54, 1.807) is 25.1 Å². The minimum atomic E-state index is -4.61. The summed E-state index contributed by atoms with van der Waals surface area (Å²) < 4.78 is 41.7. The van der Waals surface area contributed by atoms with Gasteiger partial charge in [0.2, 0.25) is 0 Å². The number of halogens is 3. The Morgan fingerprint density at radius 1 is 1.13 bits per heavy atom. The summed E-state index contributed by atoms with van der Waals surface area (Å²) >= 11 is 0.819. The number of aromatic nitrogens is 3. The van der Waals surface area contributed by atoms with Crippen LogP contribution >= 0.6 is 11.3 Å². The maximum absolute atomic E-state index is 13.3. The van der Waals surface area contributed by atoms with Crippen LogP contribution in [0.2, 0.25) is 0 Å². The minimum absolute atomic E-state index is 0.0873. The van der Waals surface area contributed by atoms with Crippen molar-refractivity contribution in [2.24, 2.45) is 0 Å². The number of thiazole rings is 1. The number of Topliss-reactive ketones (excluding diaryl/α,β-unsaturated/α-hetero) is 1. The lowest BCUT2D eigenvalue weighted by atomic mass is 9.99. The summed E-state index contributed by atoms with van der Waals surface area (Å²) in [5.41, 5.74) is 0.618. The first kappa shape index (κ1) is 27.0. The Hall–Kier alpha value is -4.06. The number of rotatable bonds is 7. The van der Waals surface area contributed by atoms with Gasteiger partial charge in [-0.1, -0.05) is 13.0 Å². The third-order valence-electron chi connectivity index (χ3n) is 5.74. The van der Waals surface area contributed by atoms with Crippen molar-refractivity contribution in [3.05, 3.63) is 63.5 Å². The van der Waals surface area contributed by atoms with Gasteiger partial charge in [-0.3, -0.25) is 14.9 Å². The SMILES string of the molecule is CCCn1cc(C(C)=O)c(=O)c2ccc(-c3cnc(NC(=O)NCC)cc3-c3nc(C(F)(F)F)cs3)cc21. The Kier molecular flexibility index (Phi) is 7.63. The molecule has 198 valence electrons. The van der Waals surface area contributed by atoms with Gasteiger partial charge in [0.1, 0.15) is 10.8 Å². The second kappa shape index (κ2) is 10.7. The molecule has 0 radical (unpaired) electrons. The third kappa shape index (κ3) is 5.44. The first-order chi connectivity index (χ1) is 18.0. The fourth-order valence-corrected chi connectivity index (χ4v) is 4.87. The monoisotopic (exact) mass is 543 g/mol. The highest BCUT2D eigenvalue weighted by Crippen LogP contribution is 2.39. The van der Waals surface area contributed by atoms with Crippen molar-refractivity contribution < 1.29 is 22.8 Å². The topological polar surface area (TPSA) is 106 Å². The van der Waals surface area contributed by atoms with Crippen LogP contribution in [0, 0.1) is 0 Å².